The number of rotatable bonds is 9. The standard InChI is InChI=1S/C26H31ClN4O2S/c1-30-18-24(16-28-30)34(32,33)29-9-8-19-6-7-21-15-22(17-31-10-3-11-31)26(25(21)13-19)14-20-4-2-5-23(27)12-20/h2,4-7,12-13,16,18,22,26,29H,3,8-11,14-15,17H2,1H3. The molecule has 2 aromatic carbocycles. The number of nitrogens with one attached hydrogen (secondary N) is 1. The number of benzene rings is 2. The van der Waals surface area contributed by atoms with E-state index in [0.717, 1.165) is 30.0 Å². The first-order valence-electron chi connectivity index (χ1n) is 11.9. The van der Waals surface area contributed by atoms with E-state index in [1.54, 1.807) is 7.05 Å². The van der Waals surface area contributed by atoms with E-state index in [4.69, 9.17) is 11.6 Å². The number of aromatic nitrogens is 2. The quantitative estimate of drug-likeness (QED) is 0.487. The molecule has 6 nitrogen and oxygen atoms in total. The highest BCUT2D eigenvalue weighted by Crippen LogP contribution is 2.41. The number of nitrogens with zero attached hydrogens (tertiary/aromatic N) is 3. The van der Waals surface area contributed by atoms with Gasteiger partial charge in [0.1, 0.15) is 4.90 Å². The molecule has 8 heteroatoms. The van der Waals surface area contributed by atoms with Crippen LogP contribution in [0, 0.1) is 5.92 Å². The fourth-order valence-corrected chi connectivity index (χ4v) is 6.47. The molecule has 2 unspecified atom stereocenters. The van der Waals surface area contributed by atoms with Gasteiger partial charge in [0.25, 0.3) is 0 Å². The summed E-state index contributed by atoms with van der Waals surface area (Å²) in [5.41, 5.74) is 5.28. The first kappa shape index (κ1) is 23.5. The van der Waals surface area contributed by atoms with Crippen molar-refractivity contribution in [3.8, 4) is 0 Å². The number of halogens is 1. The third-order valence-corrected chi connectivity index (χ3v) is 8.79. The zero-order valence-corrected chi connectivity index (χ0v) is 21.0. The van der Waals surface area contributed by atoms with Crippen LogP contribution in [0.5, 0.6) is 0 Å². The molecule has 34 heavy (non-hydrogen) atoms. The Morgan fingerprint density at radius 1 is 1.15 bits per heavy atom. The molecule has 1 saturated heterocycles. The maximum absolute atomic E-state index is 12.5. The summed E-state index contributed by atoms with van der Waals surface area (Å²) >= 11 is 6.28. The molecule has 3 aromatic rings. The lowest BCUT2D eigenvalue weighted by atomic mass is 9.85. The zero-order valence-electron chi connectivity index (χ0n) is 19.5. The molecule has 1 aliphatic heterocycles. The van der Waals surface area contributed by atoms with Crippen LogP contribution in [0.1, 0.15) is 34.6 Å². The highest BCUT2D eigenvalue weighted by atomic mass is 35.5. The third kappa shape index (κ3) is 5.23. The van der Waals surface area contributed by atoms with E-state index in [1.165, 1.54) is 53.3 Å². The van der Waals surface area contributed by atoms with Crippen molar-refractivity contribution in [3.63, 3.8) is 0 Å². The van der Waals surface area contributed by atoms with Crippen LogP contribution in [0.25, 0.3) is 0 Å². The summed E-state index contributed by atoms with van der Waals surface area (Å²) in [6, 6.07) is 14.9. The van der Waals surface area contributed by atoms with Crippen molar-refractivity contribution in [1.29, 1.82) is 0 Å². The zero-order chi connectivity index (χ0) is 23.7. The van der Waals surface area contributed by atoms with Crippen LogP contribution in [0.3, 0.4) is 0 Å². The van der Waals surface area contributed by atoms with Gasteiger partial charge in [-0.1, -0.05) is 41.9 Å². The molecule has 1 aliphatic carbocycles. The normalized spacial score (nSPS) is 20.3. The van der Waals surface area contributed by atoms with Gasteiger partial charge in [-0.25, -0.2) is 13.1 Å². The van der Waals surface area contributed by atoms with Crippen LogP contribution in [0.15, 0.2) is 59.8 Å². The SMILES string of the molecule is Cn1cc(S(=O)(=O)NCCc2ccc3c(c2)C(Cc2cccc(Cl)c2)C(CN2CCC2)C3)cn1. The molecule has 180 valence electrons. The van der Waals surface area contributed by atoms with Crippen LogP contribution < -0.4 is 4.72 Å². The van der Waals surface area contributed by atoms with Crippen molar-refractivity contribution in [2.75, 3.05) is 26.2 Å². The highest BCUT2D eigenvalue weighted by Gasteiger charge is 2.34. The molecule has 0 radical (unpaired) electrons. The molecule has 2 heterocycles. The number of sulfonamides is 1. The number of likely N-dealkylation sites (tertiary alicyclic amines) is 1. The second kappa shape index (κ2) is 9.82. The predicted octanol–water partition coefficient (Wildman–Crippen LogP) is 3.80. The molecule has 0 amide bonds. The molecule has 1 fully saturated rings. The third-order valence-electron chi connectivity index (χ3n) is 7.14. The Balaban J connectivity index is 1.31. The van der Waals surface area contributed by atoms with Crippen LogP contribution in [0.2, 0.25) is 5.02 Å². The van der Waals surface area contributed by atoms with Crippen LogP contribution in [-0.2, 0) is 36.3 Å². The van der Waals surface area contributed by atoms with E-state index in [-0.39, 0.29) is 4.90 Å². The largest absolute Gasteiger partial charge is 0.303 e. The molecule has 0 bridgehead atoms. The minimum absolute atomic E-state index is 0.194. The molecule has 2 aliphatic rings. The molecule has 0 spiro atoms. The second-order valence-electron chi connectivity index (χ2n) is 9.59. The fourth-order valence-electron chi connectivity index (χ4n) is 5.24. The van der Waals surface area contributed by atoms with Crippen molar-refractivity contribution < 1.29 is 8.42 Å². The van der Waals surface area contributed by atoms with Gasteiger partial charge >= 0.3 is 0 Å². The monoisotopic (exact) mass is 498 g/mol. The number of hydrogen-bond acceptors (Lipinski definition) is 4. The summed E-state index contributed by atoms with van der Waals surface area (Å²) < 4.78 is 29.2. The average Bonchev–Trinajstić information content (AvgIpc) is 3.35. The van der Waals surface area contributed by atoms with Gasteiger partial charge in [0.15, 0.2) is 0 Å². The molecule has 1 aromatic heterocycles. The smallest absolute Gasteiger partial charge is 0.243 e. The molecule has 5 rings (SSSR count). The van der Waals surface area contributed by atoms with Gasteiger partial charge in [0, 0.05) is 31.4 Å². The predicted molar refractivity (Wildman–Crippen MR) is 135 cm³/mol. The molecular weight excluding hydrogens is 468 g/mol. The van der Waals surface area contributed by atoms with Gasteiger partial charge in [0.05, 0.1) is 6.20 Å². The summed E-state index contributed by atoms with van der Waals surface area (Å²) in [5.74, 6) is 1.04. The van der Waals surface area contributed by atoms with Gasteiger partial charge in [-0.2, -0.15) is 5.10 Å². The maximum atomic E-state index is 12.5. The highest BCUT2D eigenvalue weighted by molar-refractivity contribution is 7.89. The molecule has 1 N–H and O–H groups in total. The Labute approximate surface area is 207 Å². The molecule has 2 atom stereocenters. The van der Waals surface area contributed by atoms with Crippen molar-refractivity contribution in [3.05, 3.63) is 82.1 Å². The first-order valence-corrected chi connectivity index (χ1v) is 13.8. The van der Waals surface area contributed by atoms with Crippen LogP contribution >= 0.6 is 11.6 Å². The Hall–Kier alpha value is -2.19. The summed E-state index contributed by atoms with van der Waals surface area (Å²) in [6.45, 7) is 3.91. The average molecular weight is 499 g/mol. The Morgan fingerprint density at radius 2 is 2.00 bits per heavy atom. The first-order chi connectivity index (χ1) is 16.4. The van der Waals surface area contributed by atoms with Crippen LogP contribution in [-0.4, -0.2) is 49.3 Å². The van der Waals surface area contributed by atoms with Crippen molar-refractivity contribution in [2.45, 2.75) is 36.5 Å². The second-order valence-corrected chi connectivity index (χ2v) is 11.8. The fraction of sp³-hybridized carbons (Fsp3) is 0.423. The van der Waals surface area contributed by atoms with Gasteiger partial charge in [-0.3, -0.25) is 4.68 Å². The van der Waals surface area contributed by atoms with E-state index < -0.39 is 10.0 Å². The summed E-state index contributed by atoms with van der Waals surface area (Å²) in [7, 11) is -1.84. The summed E-state index contributed by atoms with van der Waals surface area (Å²) in [5, 5.41) is 4.74. The lowest BCUT2D eigenvalue weighted by Gasteiger charge is -2.35. The van der Waals surface area contributed by atoms with E-state index in [1.807, 2.05) is 12.1 Å². The van der Waals surface area contributed by atoms with E-state index in [9.17, 15) is 8.42 Å². The van der Waals surface area contributed by atoms with E-state index >= 15 is 0 Å². The topological polar surface area (TPSA) is 67.2 Å². The molecule has 0 saturated carbocycles. The lowest BCUT2D eigenvalue weighted by molar-refractivity contribution is 0.145. The van der Waals surface area contributed by atoms with Gasteiger partial charge in [-0.15, -0.1) is 0 Å². The van der Waals surface area contributed by atoms with E-state index in [2.05, 4.69) is 45.1 Å². The van der Waals surface area contributed by atoms with Crippen molar-refractivity contribution in [2.24, 2.45) is 13.0 Å². The minimum atomic E-state index is -3.55. The Morgan fingerprint density at radius 3 is 2.71 bits per heavy atom. The van der Waals surface area contributed by atoms with Crippen LogP contribution in [0.4, 0.5) is 0 Å². The van der Waals surface area contributed by atoms with Gasteiger partial charge in [0.2, 0.25) is 10.0 Å². The summed E-state index contributed by atoms with van der Waals surface area (Å²) in [6.07, 6.45) is 6.91. The van der Waals surface area contributed by atoms with Gasteiger partial charge < -0.3 is 4.90 Å². The molecular formula is C26H31ClN4O2S. The van der Waals surface area contributed by atoms with Gasteiger partial charge in [-0.05, 0) is 85.0 Å². The van der Waals surface area contributed by atoms with Crippen molar-refractivity contribution >= 4 is 21.6 Å². The number of hydrogen-bond donors (Lipinski definition) is 1. The number of fused-ring (bicyclic) bond motifs is 1. The lowest BCUT2D eigenvalue weighted by Crippen LogP contribution is -2.41. The van der Waals surface area contributed by atoms with E-state index in [0.29, 0.717) is 24.8 Å². The van der Waals surface area contributed by atoms with Crippen molar-refractivity contribution in [1.82, 2.24) is 19.4 Å². The minimum Gasteiger partial charge on any atom is -0.303 e. The maximum Gasteiger partial charge on any atom is 0.243 e. The number of aryl methyl sites for hydroxylation is 1. The summed E-state index contributed by atoms with van der Waals surface area (Å²) in [4.78, 5) is 2.76. The Bertz CT molecular complexity index is 1270. The Kier molecular flexibility index (Phi) is 6.80.